The lowest BCUT2D eigenvalue weighted by Crippen LogP contribution is -2.05. The Kier molecular flexibility index (Phi) is 4.73. The average molecular weight is 441 g/mol. The summed E-state index contributed by atoms with van der Waals surface area (Å²) in [6, 6.07) is 15.2. The van der Waals surface area contributed by atoms with E-state index in [0.29, 0.717) is 29.3 Å². The number of fused-ring (bicyclic) bond motifs is 1. The molecular formula is C22H17BrO5. The molecular weight excluding hydrogens is 424 g/mol. The minimum atomic E-state index is -0.587. The monoisotopic (exact) mass is 440 g/mol. The Morgan fingerprint density at radius 2 is 1.82 bits per heavy atom. The lowest BCUT2D eigenvalue weighted by atomic mass is 10.1. The SMILES string of the molecule is Cc1c(-c2cc3ccc(OCc4ccccc4Br)cc3o2)oc(=O)c(C)c1O. The van der Waals surface area contributed by atoms with Crippen LogP contribution in [0.15, 0.2) is 66.6 Å². The molecule has 0 saturated heterocycles. The third-order valence-electron chi connectivity index (χ3n) is 4.62. The topological polar surface area (TPSA) is 72.8 Å². The molecule has 0 unspecified atom stereocenters. The molecule has 4 aromatic rings. The minimum absolute atomic E-state index is 0.0795. The molecule has 0 atom stereocenters. The standard InChI is InChI=1S/C22H17BrO5/c1-12-20(24)13(2)22(25)28-21(12)19-9-14-7-8-16(10-18(14)27-19)26-11-15-5-3-4-6-17(15)23/h3-10,24H,11H2,1-2H3. The normalized spacial score (nSPS) is 11.1. The molecule has 6 heteroatoms. The second-order valence-corrected chi connectivity index (χ2v) is 7.36. The second-order valence-electron chi connectivity index (χ2n) is 6.51. The molecule has 0 aliphatic carbocycles. The van der Waals surface area contributed by atoms with Gasteiger partial charge in [0.25, 0.3) is 0 Å². The quantitative estimate of drug-likeness (QED) is 0.439. The molecule has 2 aromatic heterocycles. The third-order valence-corrected chi connectivity index (χ3v) is 5.39. The summed E-state index contributed by atoms with van der Waals surface area (Å²) in [5, 5.41) is 11.0. The van der Waals surface area contributed by atoms with Crippen LogP contribution < -0.4 is 10.4 Å². The fourth-order valence-electron chi connectivity index (χ4n) is 2.96. The maximum atomic E-state index is 11.9. The summed E-state index contributed by atoms with van der Waals surface area (Å²) in [6.45, 7) is 3.62. The number of ether oxygens (including phenoxy) is 1. The molecule has 0 amide bonds. The Hall–Kier alpha value is -2.99. The van der Waals surface area contributed by atoms with Gasteiger partial charge in [-0.2, -0.15) is 0 Å². The number of hydrogen-bond acceptors (Lipinski definition) is 5. The first kappa shape index (κ1) is 18.4. The van der Waals surface area contributed by atoms with Crippen LogP contribution in [0.4, 0.5) is 0 Å². The van der Waals surface area contributed by atoms with E-state index < -0.39 is 5.63 Å². The van der Waals surface area contributed by atoms with Crippen molar-refractivity contribution in [1.29, 1.82) is 0 Å². The predicted molar refractivity (Wildman–Crippen MR) is 110 cm³/mol. The van der Waals surface area contributed by atoms with Gasteiger partial charge in [0.15, 0.2) is 11.5 Å². The van der Waals surface area contributed by atoms with Gasteiger partial charge in [-0.15, -0.1) is 0 Å². The van der Waals surface area contributed by atoms with Crippen molar-refractivity contribution in [3.63, 3.8) is 0 Å². The second kappa shape index (κ2) is 7.20. The number of furan rings is 1. The van der Waals surface area contributed by atoms with E-state index in [2.05, 4.69) is 15.9 Å². The molecule has 0 saturated carbocycles. The summed E-state index contributed by atoms with van der Waals surface area (Å²) >= 11 is 3.51. The number of aromatic hydroxyl groups is 1. The average Bonchev–Trinajstić information content (AvgIpc) is 3.11. The molecule has 0 aliphatic rings. The fraction of sp³-hybridized carbons (Fsp3) is 0.136. The van der Waals surface area contributed by atoms with Gasteiger partial charge in [0.2, 0.25) is 0 Å². The summed E-state index contributed by atoms with van der Waals surface area (Å²) in [4.78, 5) is 11.9. The highest BCUT2D eigenvalue weighted by Gasteiger charge is 2.18. The number of benzene rings is 2. The summed E-state index contributed by atoms with van der Waals surface area (Å²) < 4.78 is 18.1. The van der Waals surface area contributed by atoms with Crippen LogP contribution in [0.2, 0.25) is 0 Å². The summed E-state index contributed by atoms with van der Waals surface area (Å²) in [5.41, 5.74) is 1.69. The maximum absolute atomic E-state index is 11.9. The van der Waals surface area contributed by atoms with Gasteiger partial charge in [0.1, 0.15) is 23.7 Å². The zero-order chi connectivity index (χ0) is 19.8. The molecule has 4 rings (SSSR count). The van der Waals surface area contributed by atoms with Gasteiger partial charge < -0.3 is 18.7 Å². The Bertz CT molecular complexity index is 1240. The highest BCUT2D eigenvalue weighted by atomic mass is 79.9. The van der Waals surface area contributed by atoms with Crippen molar-refractivity contribution in [3.8, 4) is 23.0 Å². The minimum Gasteiger partial charge on any atom is -0.507 e. The van der Waals surface area contributed by atoms with Crippen LogP contribution in [0.25, 0.3) is 22.5 Å². The number of rotatable bonds is 4. The zero-order valence-corrected chi connectivity index (χ0v) is 16.9. The predicted octanol–water partition coefficient (Wildman–Crippen LogP) is 5.72. The molecule has 0 radical (unpaired) electrons. The molecule has 142 valence electrons. The summed E-state index contributed by atoms with van der Waals surface area (Å²) in [5.74, 6) is 1.18. The highest BCUT2D eigenvalue weighted by molar-refractivity contribution is 9.10. The van der Waals surface area contributed by atoms with E-state index in [4.69, 9.17) is 13.6 Å². The highest BCUT2D eigenvalue weighted by Crippen LogP contribution is 2.34. The van der Waals surface area contributed by atoms with Crippen molar-refractivity contribution < 1.29 is 18.7 Å². The largest absolute Gasteiger partial charge is 0.507 e. The van der Waals surface area contributed by atoms with Crippen molar-refractivity contribution >= 4 is 26.9 Å². The Labute approximate surface area is 169 Å². The van der Waals surface area contributed by atoms with Crippen LogP contribution in [0.3, 0.4) is 0 Å². The Balaban J connectivity index is 1.66. The lowest BCUT2D eigenvalue weighted by molar-refractivity contribution is 0.305. The van der Waals surface area contributed by atoms with Crippen molar-refractivity contribution in [2.45, 2.75) is 20.5 Å². The van der Waals surface area contributed by atoms with Crippen molar-refractivity contribution in [2.75, 3.05) is 0 Å². The Morgan fingerprint density at radius 3 is 2.61 bits per heavy atom. The molecule has 2 aromatic carbocycles. The molecule has 1 N–H and O–H groups in total. The van der Waals surface area contributed by atoms with E-state index >= 15 is 0 Å². The number of hydrogen-bond donors (Lipinski definition) is 1. The first-order valence-electron chi connectivity index (χ1n) is 8.67. The van der Waals surface area contributed by atoms with E-state index in [9.17, 15) is 9.90 Å². The fourth-order valence-corrected chi connectivity index (χ4v) is 3.36. The van der Waals surface area contributed by atoms with E-state index in [1.165, 1.54) is 6.92 Å². The molecule has 0 spiro atoms. The Morgan fingerprint density at radius 1 is 1.04 bits per heavy atom. The van der Waals surface area contributed by atoms with Crippen molar-refractivity contribution in [1.82, 2.24) is 0 Å². The van der Waals surface area contributed by atoms with Crippen molar-refractivity contribution in [3.05, 3.63) is 80.1 Å². The first-order valence-corrected chi connectivity index (χ1v) is 9.47. The summed E-state index contributed by atoms with van der Waals surface area (Å²) in [7, 11) is 0. The van der Waals surface area contributed by atoms with Crippen LogP contribution in [-0.4, -0.2) is 5.11 Å². The van der Waals surface area contributed by atoms with Crippen LogP contribution >= 0.6 is 15.9 Å². The van der Waals surface area contributed by atoms with Gasteiger partial charge in [-0.1, -0.05) is 34.1 Å². The van der Waals surface area contributed by atoms with E-state index in [0.717, 1.165) is 15.4 Å². The molecule has 5 nitrogen and oxygen atoms in total. The van der Waals surface area contributed by atoms with Crippen molar-refractivity contribution in [2.24, 2.45) is 0 Å². The van der Waals surface area contributed by atoms with E-state index in [1.54, 1.807) is 19.1 Å². The molecule has 0 aliphatic heterocycles. The molecule has 2 heterocycles. The van der Waals surface area contributed by atoms with E-state index in [1.807, 2.05) is 36.4 Å². The number of halogens is 1. The van der Waals surface area contributed by atoms with Gasteiger partial charge >= 0.3 is 5.63 Å². The van der Waals surface area contributed by atoms with Gasteiger partial charge in [-0.05, 0) is 38.1 Å². The smallest absolute Gasteiger partial charge is 0.343 e. The first-order chi connectivity index (χ1) is 13.4. The van der Waals surface area contributed by atoms with Crippen LogP contribution in [-0.2, 0) is 6.61 Å². The van der Waals surface area contributed by atoms with Gasteiger partial charge in [0.05, 0.1) is 5.56 Å². The van der Waals surface area contributed by atoms with Crippen LogP contribution in [0.1, 0.15) is 16.7 Å². The summed E-state index contributed by atoms with van der Waals surface area (Å²) in [6.07, 6.45) is 0. The van der Waals surface area contributed by atoms with Crippen LogP contribution in [0.5, 0.6) is 11.5 Å². The molecule has 0 fully saturated rings. The van der Waals surface area contributed by atoms with Gasteiger partial charge in [-0.25, -0.2) is 4.79 Å². The van der Waals surface area contributed by atoms with E-state index in [-0.39, 0.29) is 17.1 Å². The van der Waals surface area contributed by atoms with Gasteiger partial charge in [0, 0.05) is 27.1 Å². The van der Waals surface area contributed by atoms with Crippen LogP contribution in [0, 0.1) is 13.8 Å². The third kappa shape index (κ3) is 3.31. The van der Waals surface area contributed by atoms with Gasteiger partial charge in [-0.3, -0.25) is 0 Å². The maximum Gasteiger partial charge on any atom is 0.343 e. The lowest BCUT2D eigenvalue weighted by Gasteiger charge is -2.07. The molecule has 0 bridgehead atoms. The zero-order valence-electron chi connectivity index (χ0n) is 15.3. The molecule has 28 heavy (non-hydrogen) atoms.